The van der Waals surface area contributed by atoms with Crippen LogP contribution in [-0.4, -0.2) is 5.54 Å². The number of halogens is 2. The van der Waals surface area contributed by atoms with Crippen molar-refractivity contribution in [1.29, 1.82) is 0 Å². The van der Waals surface area contributed by atoms with E-state index in [9.17, 15) is 8.78 Å². The second-order valence-corrected chi connectivity index (χ2v) is 4.56. The van der Waals surface area contributed by atoms with E-state index in [0.717, 1.165) is 0 Å². The zero-order chi connectivity index (χ0) is 11.6. The van der Waals surface area contributed by atoms with Gasteiger partial charge in [-0.2, -0.15) is 0 Å². The predicted octanol–water partition coefficient (Wildman–Crippen LogP) is 2.81. The minimum atomic E-state index is -0.475. The van der Waals surface area contributed by atoms with Crippen LogP contribution in [0.5, 0.6) is 0 Å². The summed E-state index contributed by atoms with van der Waals surface area (Å²) < 4.78 is 26.8. The van der Waals surface area contributed by atoms with E-state index >= 15 is 0 Å². The Morgan fingerprint density at radius 3 is 2.00 bits per heavy atom. The lowest BCUT2D eigenvalue weighted by Crippen LogP contribution is -2.34. The summed E-state index contributed by atoms with van der Waals surface area (Å²) in [7, 11) is 0. The van der Waals surface area contributed by atoms with Crippen LogP contribution in [0.3, 0.4) is 0 Å². The van der Waals surface area contributed by atoms with Gasteiger partial charge in [-0.25, -0.2) is 8.78 Å². The average Bonchev–Trinajstić information content (AvgIpc) is 1.99. The molecule has 0 saturated heterocycles. The second kappa shape index (κ2) is 4.27. The van der Waals surface area contributed by atoms with Gasteiger partial charge in [0.05, 0.1) is 0 Å². The molecule has 0 amide bonds. The molecule has 2 N–H and O–H groups in total. The van der Waals surface area contributed by atoms with Crippen LogP contribution in [0.1, 0.15) is 31.9 Å². The van der Waals surface area contributed by atoms with Crippen molar-refractivity contribution in [3.8, 4) is 0 Å². The Morgan fingerprint density at radius 1 is 1.20 bits per heavy atom. The lowest BCUT2D eigenvalue weighted by molar-refractivity contribution is 0.506. The third-order valence-electron chi connectivity index (χ3n) is 2.21. The molecule has 0 spiro atoms. The van der Waals surface area contributed by atoms with Gasteiger partial charge in [0, 0.05) is 11.1 Å². The molecule has 1 aromatic carbocycles. The Hall–Kier alpha value is -0.960. The maximum atomic E-state index is 13.4. The standard InChI is InChI=1S/C12H17F2N/c1-4-9-10(13)5-8(6-11(9)14)7-12(2,3)15/h5-6H,4,7,15H2,1-3H3. The highest BCUT2D eigenvalue weighted by molar-refractivity contribution is 5.27. The van der Waals surface area contributed by atoms with E-state index in [4.69, 9.17) is 5.73 Å². The molecule has 15 heavy (non-hydrogen) atoms. The molecule has 1 nitrogen and oxygen atoms in total. The summed E-state index contributed by atoms with van der Waals surface area (Å²) in [6.07, 6.45) is 0.828. The molecule has 1 rings (SSSR count). The normalized spacial score (nSPS) is 11.9. The average molecular weight is 213 g/mol. The van der Waals surface area contributed by atoms with E-state index in [0.29, 0.717) is 18.4 Å². The second-order valence-electron chi connectivity index (χ2n) is 4.56. The molecule has 0 aliphatic rings. The summed E-state index contributed by atoms with van der Waals surface area (Å²) in [6.45, 7) is 5.39. The third kappa shape index (κ3) is 3.27. The molecule has 0 heterocycles. The van der Waals surface area contributed by atoms with Crippen molar-refractivity contribution in [2.45, 2.75) is 39.2 Å². The van der Waals surface area contributed by atoms with E-state index in [1.165, 1.54) is 12.1 Å². The number of hydrogen-bond donors (Lipinski definition) is 1. The van der Waals surface area contributed by atoms with Crippen LogP contribution in [0.4, 0.5) is 8.78 Å². The van der Waals surface area contributed by atoms with Gasteiger partial charge in [0.2, 0.25) is 0 Å². The van der Waals surface area contributed by atoms with Crippen molar-refractivity contribution in [2.24, 2.45) is 5.73 Å². The lowest BCUT2D eigenvalue weighted by atomic mass is 9.95. The Balaban J connectivity index is 3.04. The molecule has 0 aromatic heterocycles. The van der Waals surface area contributed by atoms with E-state index in [-0.39, 0.29) is 5.56 Å². The highest BCUT2D eigenvalue weighted by atomic mass is 19.1. The van der Waals surface area contributed by atoms with Crippen LogP contribution in [-0.2, 0) is 12.8 Å². The van der Waals surface area contributed by atoms with Gasteiger partial charge >= 0.3 is 0 Å². The molecule has 0 unspecified atom stereocenters. The fourth-order valence-electron chi connectivity index (χ4n) is 1.62. The molecule has 0 aliphatic heterocycles. The summed E-state index contributed by atoms with van der Waals surface area (Å²) >= 11 is 0. The van der Waals surface area contributed by atoms with Gasteiger partial charge in [-0.05, 0) is 44.4 Å². The van der Waals surface area contributed by atoms with Crippen LogP contribution < -0.4 is 5.73 Å². The van der Waals surface area contributed by atoms with Crippen molar-refractivity contribution in [1.82, 2.24) is 0 Å². The van der Waals surface area contributed by atoms with Crippen LogP contribution in [0.15, 0.2) is 12.1 Å². The molecule has 0 aliphatic carbocycles. The summed E-state index contributed by atoms with van der Waals surface area (Å²) in [5.74, 6) is -0.950. The summed E-state index contributed by atoms with van der Waals surface area (Å²) in [5, 5.41) is 0. The fourth-order valence-corrected chi connectivity index (χ4v) is 1.62. The van der Waals surface area contributed by atoms with Crippen LogP contribution in [0, 0.1) is 11.6 Å². The summed E-state index contributed by atoms with van der Waals surface area (Å²) in [4.78, 5) is 0. The van der Waals surface area contributed by atoms with Gasteiger partial charge in [-0.15, -0.1) is 0 Å². The molecule has 0 saturated carbocycles. The van der Waals surface area contributed by atoms with Gasteiger partial charge in [0.15, 0.2) is 0 Å². The van der Waals surface area contributed by atoms with Crippen molar-refractivity contribution in [3.05, 3.63) is 34.9 Å². The summed E-state index contributed by atoms with van der Waals surface area (Å²) in [6, 6.07) is 2.74. The first kappa shape index (κ1) is 12.1. The van der Waals surface area contributed by atoms with Gasteiger partial charge in [0.25, 0.3) is 0 Å². The molecule has 0 atom stereocenters. The molecule has 84 valence electrons. The smallest absolute Gasteiger partial charge is 0.129 e. The quantitative estimate of drug-likeness (QED) is 0.821. The number of benzene rings is 1. The highest BCUT2D eigenvalue weighted by Crippen LogP contribution is 2.18. The maximum Gasteiger partial charge on any atom is 0.129 e. The SMILES string of the molecule is CCc1c(F)cc(CC(C)(C)N)cc1F. The predicted molar refractivity (Wildman–Crippen MR) is 57.7 cm³/mol. The zero-order valence-electron chi connectivity index (χ0n) is 9.40. The Kier molecular flexibility index (Phi) is 3.45. The fraction of sp³-hybridized carbons (Fsp3) is 0.500. The first-order chi connectivity index (χ1) is 6.83. The van der Waals surface area contributed by atoms with Crippen molar-refractivity contribution in [2.75, 3.05) is 0 Å². The Bertz CT molecular complexity index is 330. The largest absolute Gasteiger partial charge is 0.325 e. The third-order valence-corrected chi connectivity index (χ3v) is 2.21. The van der Waals surface area contributed by atoms with E-state index in [1.54, 1.807) is 6.92 Å². The van der Waals surface area contributed by atoms with Crippen molar-refractivity contribution < 1.29 is 8.78 Å². The lowest BCUT2D eigenvalue weighted by Gasteiger charge is -2.18. The number of hydrogen-bond acceptors (Lipinski definition) is 1. The van der Waals surface area contributed by atoms with Gasteiger partial charge in [-0.3, -0.25) is 0 Å². The molecule has 0 radical (unpaired) electrons. The minimum Gasteiger partial charge on any atom is -0.325 e. The number of nitrogens with two attached hydrogens (primary N) is 1. The zero-order valence-corrected chi connectivity index (χ0v) is 9.40. The molecule has 0 fully saturated rings. The van der Waals surface area contributed by atoms with E-state index in [1.807, 2.05) is 13.8 Å². The van der Waals surface area contributed by atoms with Gasteiger partial charge in [0.1, 0.15) is 11.6 Å². The number of rotatable bonds is 3. The van der Waals surface area contributed by atoms with Crippen molar-refractivity contribution in [3.63, 3.8) is 0 Å². The van der Waals surface area contributed by atoms with E-state index < -0.39 is 17.2 Å². The Labute approximate surface area is 89.3 Å². The molecule has 1 aromatic rings. The highest BCUT2D eigenvalue weighted by Gasteiger charge is 2.15. The first-order valence-corrected chi connectivity index (χ1v) is 5.09. The molecular formula is C12H17F2N. The van der Waals surface area contributed by atoms with Crippen molar-refractivity contribution >= 4 is 0 Å². The van der Waals surface area contributed by atoms with Crippen LogP contribution >= 0.6 is 0 Å². The van der Waals surface area contributed by atoms with E-state index in [2.05, 4.69) is 0 Å². The maximum absolute atomic E-state index is 13.4. The first-order valence-electron chi connectivity index (χ1n) is 5.09. The van der Waals surface area contributed by atoms with Gasteiger partial charge < -0.3 is 5.73 Å². The topological polar surface area (TPSA) is 26.0 Å². The Morgan fingerprint density at radius 2 is 1.67 bits per heavy atom. The molecule has 0 bridgehead atoms. The molecule has 3 heteroatoms. The minimum absolute atomic E-state index is 0.147. The van der Waals surface area contributed by atoms with Crippen LogP contribution in [0.2, 0.25) is 0 Å². The molecular weight excluding hydrogens is 196 g/mol. The van der Waals surface area contributed by atoms with Gasteiger partial charge in [-0.1, -0.05) is 6.92 Å². The monoisotopic (exact) mass is 213 g/mol. The van der Waals surface area contributed by atoms with Crippen LogP contribution in [0.25, 0.3) is 0 Å². The summed E-state index contributed by atoms with van der Waals surface area (Å²) in [5.41, 5.74) is 6.09.